The molecule has 0 saturated carbocycles. The summed E-state index contributed by atoms with van der Waals surface area (Å²) in [6.45, 7) is 6.81. The van der Waals surface area contributed by atoms with Crippen LogP contribution in [0.15, 0.2) is 18.2 Å². The number of nitrogens with one attached hydrogen (secondary N) is 1. The lowest BCUT2D eigenvalue weighted by molar-refractivity contribution is 0.0562. The predicted octanol–water partition coefficient (Wildman–Crippen LogP) is 4.10. The zero-order valence-electron chi connectivity index (χ0n) is 18.5. The molecule has 1 aliphatic heterocycles. The number of nitrogens with zero attached hydrogens (tertiary/aromatic N) is 3. The number of benzene rings is 1. The van der Waals surface area contributed by atoms with E-state index in [-0.39, 0.29) is 41.3 Å². The number of hydrogen-bond donors (Lipinski definition) is 1. The maximum Gasteiger partial charge on any atom is 0.272 e. The summed E-state index contributed by atoms with van der Waals surface area (Å²) in [4.78, 5) is 15.7. The van der Waals surface area contributed by atoms with Gasteiger partial charge in [-0.2, -0.15) is 5.26 Å². The van der Waals surface area contributed by atoms with Crippen LogP contribution in [0.25, 0.3) is 10.9 Å². The summed E-state index contributed by atoms with van der Waals surface area (Å²) in [6.07, 6.45) is 3.51. The summed E-state index contributed by atoms with van der Waals surface area (Å²) in [6, 6.07) is 6.92. The first kappa shape index (κ1) is 25.1. The molecule has 2 aromatic rings. The van der Waals surface area contributed by atoms with E-state index in [4.69, 9.17) is 4.74 Å². The number of methoxy groups -OCH3 is 1. The number of fused-ring (bicyclic) bond motifs is 1. The van der Waals surface area contributed by atoms with Crippen molar-refractivity contribution in [2.24, 2.45) is 0 Å². The molecule has 1 atom stereocenters. The Hall–Kier alpha value is -2.14. The summed E-state index contributed by atoms with van der Waals surface area (Å²) in [7, 11) is 1.65. The van der Waals surface area contributed by atoms with Crippen molar-refractivity contribution in [2.75, 3.05) is 26.8 Å². The number of halogens is 2. The number of hydrogen-bond acceptors (Lipinski definition) is 4. The third kappa shape index (κ3) is 5.20. The Morgan fingerprint density at radius 2 is 2.19 bits per heavy atom. The second kappa shape index (κ2) is 11.5. The number of ether oxygens (including phenoxy) is 1. The summed E-state index contributed by atoms with van der Waals surface area (Å²) in [5.41, 5.74) is 1.03. The second-order valence-corrected chi connectivity index (χ2v) is 8.13. The SMILES string of the molecule is COCCCCn1c(C(=O)N(C(C)C)[C@@H]2CCCNC2)c(C#N)c2c(F)cccc21.Cl. The van der Waals surface area contributed by atoms with Gasteiger partial charge in [-0.05, 0) is 58.2 Å². The maximum absolute atomic E-state index is 14.7. The summed E-state index contributed by atoms with van der Waals surface area (Å²) < 4.78 is 21.7. The zero-order valence-corrected chi connectivity index (χ0v) is 19.3. The van der Waals surface area contributed by atoms with Crippen LogP contribution in [0.3, 0.4) is 0 Å². The highest BCUT2D eigenvalue weighted by Gasteiger charge is 2.33. The Labute approximate surface area is 189 Å². The Balaban J connectivity index is 0.00000341. The van der Waals surface area contributed by atoms with Crippen LogP contribution >= 0.6 is 12.4 Å². The molecule has 0 spiro atoms. The standard InChI is InChI=1S/C23H31FN4O2.ClH/c1-16(2)28(17-8-7-11-26-15-17)23(29)22-18(14-25)21-19(24)9-6-10-20(21)27(22)12-4-5-13-30-3;/h6,9-10,16-17,26H,4-5,7-8,11-13,15H2,1-3H3;1H/t17-;/m1./s1. The van der Waals surface area contributed by atoms with Crippen LogP contribution in [0.5, 0.6) is 0 Å². The zero-order chi connectivity index (χ0) is 21.7. The normalized spacial score (nSPS) is 16.2. The molecule has 8 heteroatoms. The number of carbonyl (C=O) groups is 1. The lowest BCUT2D eigenvalue weighted by Crippen LogP contribution is -2.52. The summed E-state index contributed by atoms with van der Waals surface area (Å²) >= 11 is 0. The molecule has 31 heavy (non-hydrogen) atoms. The van der Waals surface area contributed by atoms with E-state index < -0.39 is 5.82 Å². The average molecular weight is 451 g/mol. The van der Waals surface area contributed by atoms with Crippen LogP contribution in [0.1, 0.15) is 55.6 Å². The third-order valence-electron chi connectivity index (χ3n) is 5.79. The molecule has 3 rings (SSSR count). The Bertz CT molecular complexity index is 932. The van der Waals surface area contributed by atoms with Crippen molar-refractivity contribution in [1.29, 1.82) is 5.26 Å². The molecule has 6 nitrogen and oxygen atoms in total. The van der Waals surface area contributed by atoms with Gasteiger partial charge in [0.25, 0.3) is 5.91 Å². The maximum atomic E-state index is 14.7. The third-order valence-corrected chi connectivity index (χ3v) is 5.79. The topological polar surface area (TPSA) is 70.3 Å². The van der Waals surface area contributed by atoms with E-state index in [1.54, 1.807) is 19.2 Å². The molecule has 0 radical (unpaired) electrons. The highest BCUT2D eigenvalue weighted by Crippen LogP contribution is 2.31. The van der Waals surface area contributed by atoms with Gasteiger partial charge in [0, 0.05) is 38.9 Å². The average Bonchev–Trinajstić information content (AvgIpc) is 3.06. The number of nitriles is 1. The van der Waals surface area contributed by atoms with Crippen molar-refractivity contribution < 1.29 is 13.9 Å². The molecule has 1 fully saturated rings. The van der Waals surface area contributed by atoms with Crippen molar-refractivity contribution in [1.82, 2.24) is 14.8 Å². The van der Waals surface area contributed by atoms with E-state index in [0.717, 1.165) is 38.8 Å². The predicted molar refractivity (Wildman–Crippen MR) is 122 cm³/mol. The molecule has 0 aliphatic carbocycles. The van der Waals surface area contributed by atoms with Crippen LogP contribution in [-0.4, -0.2) is 54.3 Å². The number of aromatic nitrogens is 1. The van der Waals surface area contributed by atoms with E-state index >= 15 is 0 Å². The molecule has 170 valence electrons. The second-order valence-electron chi connectivity index (χ2n) is 8.13. The number of amides is 1. The van der Waals surface area contributed by atoms with Crippen LogP contribution in [-0.2, 0) is 11.3 Å². The van der Waals surface area contributed by atoms with E-state index in [9.17, 15) is 14.4 Å². The molecule has 1 N–H and O–H groups in total. The van der Waals surface area contributed by atoms with E-state index in [1.807, 2.05) is 23.3 Å². The largest absolute Gasteiger partial charge is 0.385 e. The van der Waals surface area contributed by atoms with Gasteiger partial charge in [-0.15, -0.1) is 12.4 Å². The Kier molecular flexibility index (Phi) is 9.30. The van der Waals surface area contributed by atoms with Gasteiger partial charge in [0.2, 0.25) is 0 Å². The van der Waals surface area contributed by atoms with Crippen molar-refractivity contribution in [3.63, 3.8) is 0 Å². The summed E-state index contributed by atoms with van der Waals surface area (Å²) in [5.74, 6) is -0.665. The minimum Gasteiger partial charge on any atom is -0.385 e. The van der Waals surface area contributed by atoms with Crippen LogP contribution in [0.4, 0.5) is 4.39 Å². The van der Waals surface area contributed by atoms with Crippen molar-refractivity contribution >= 4 is 29.2 Å². The van der Waals surface area contributed by atoms with Gasteiger partial charge in [-0.1, -0.05) is 6.07 Å². The fourth-order valence-electron chi connectivity index (χ4n) is 4.45. The van der Waals surface area contributed by atoms with Gasteiger partial charge in [0.05, 0.1) is 16.5 Å². The molecule has 0 bridgehead atoms. The number of aryl methyl sites for hydroxylation is 1. The summed E-state index contributed by atoms with van der Waals surface area (Å²) in [5, 5.41) is 13.5. The van der Waals surface area contributed by atoms with Crippen molar-refractivity contribution in [3.05, 3.63) is 35.3 Å². The fourth-order valence-corrected chi connectivity index (χ4v) is 4.45. The molecule has 0 unspecified atom stereocenters. The molecule has 2 heterocycles. The van der Waals surface area contributed by atoms with Gasteiger partial charge in [0.1, 0.15) is 17.6 Å². The first-order valence-corrected chi connectivity index (χ1v) is 10.7. The monoisotopic (exact) mass is 450 g/mol. The number of carbonyl (C=O) groups excluding carboxylic acids is 1. The molecular formula is C23H32ClFN4O2. The van der Waals surface area contributed by atoms with Crippen LogP contribution in [0.2, 0.25) is 0 Å². The minimum absolute atomic E-state index is 0. The number of unbranched alkanes of at least 4 members (excludes halogenated alkanes) is 1. The van der Waals surface area contributed by atoms with Gasteiger partial charge in [-0.3, -0.25) is 4.79 Å². The lowest BCUT2D eigenvalue weighted by Gasteiger charge is -2.37. The first-order chi connectivity index (χ1) is 14.5. The molecule has 1 aliphatic rings. The van der Waals surface area contributed by atoms with E-state index in [2.05, 4.69) is 11.4 Å². The van der Waals surface area contributed by atoms with Gasteiger partial charge >= 0.3 is 0 Å². The highest BCUT2D eigenvalue weighted by molar-refractivity contribution is 6.04. The molecule has 1 aromatic heterocycles. The van der Waals surface area contributed by atoms with Crippen LogP contribution in [0, 0.1) is 17.1 Å². The molecular weight excluding hydrogens is 419 g/mol. The smallest absolute Gasteiger partial charge is 0.272 e. The van der Waals surface area contributed by atoms with E-state index in [0.29, 0.717) is 24.4 Å². The van der Waals surface area contributed by atoms with Crippen molar-refractivity contribution in [3.8, 4) is 6.07 Å². The minimum atomic E-state index is -0.468. The Morgan fingerprint density at radius 3 is 2.81 bits per heavy atom. The first-order valence-electron chi connectivity index (χ1n) is 10.7. The van der Waals surface area contributed by atoms with Crippen LogP contribution < -0.4 is 5.32 Å². The molecule has 1 saturated heterocycles. The van der Waals surface area contributed by atoms with Crippen molar-refractivity contribution in [2.45, 2.75) is 58.2 Å². The van der Waals surface area contributed by atoms with Gasteiger partial charge in [0.15, 0.2) is 0 Å². The molecule has 1 aromatic carbocycles. The highest BCUT2D eigenvalue weighted by atomic mass is 35.5. The van der Waals surface area contributed by atoms with E-state index in [1.165, 1.54) is 6.07 Å². The quantitative estimate of drug-likeness (QED) is 0.614. The number of rotatable bonds is 8. The lowest BCUT2D eigenvalue weighted by atomic mass is 10.0. The molecule has 1 amide bonds. The number of piperidine rings is 1. The Morgan fingerprint density at radius 1 is 1.42 bits per heavy atom. The fraction of sp³-hybridized carbons (Fsp3) is 0.565. The van der Waals surface area contributed by atoms with Gasteiger partial charge in [-0.25, -0.2) is 4.39 Å². The van der Waals surface area contributed by atoms with Gasteiger partial charge < -0.3 is 19.5 Å².